The van der Waals surface area contributed by atoms with Crippen molar-refractivity contribution < 1.29 is 18.9 Å². The summed E-state index contributed by atoms with van der Waals surface area (Å²) in [6, 6.07) is 23.5. The first-order valence-corrected chi connectivity index (χ1v) is 13.1. The van der Waals surface area contributed by atoms with E-state index in [4.69, 9.17) is 0 Å². The number of carbonyl (C=O) groups is 2. The molecule has 2 fully saturated rings. The van der Waals surface area contributed by atoms with Gasteiger partial charge in [0.15, 0.2) is 5.78 Å². The SMILES string of the molecule is O=C(c1cccc2ccccc12)C1C(c2cccc([N+](=O)[O-])c2)C2CCCN2[C@@]12C(=O)Nc1ccc(F)cc12. The number of nitro benzene ring substituents is 1. The van der Waals surface area contributed by atoms with Gasteiger partial charge in [-0.15, -0.1) is 0 Å². The molecule has 1 N–H and O–H groups in total. The lowest BCUT2D eigenvalue weighted by molar-refractivity contribution is -0.384. The van der Waals surface area contributed by atoms with Crippen LogP contribution in [-0.4, -0.2) is 34.1 Å². The molecule has 3 unspecified atom stereocenters. The number of nitrogens with zero attached hydrogens (tertiary/aromatic N) is 2. The van der Waals surface area contributed by atoms with Gasteiger partial charge in [-0.05, 0) is 53.9 Å². The highest BCUT2D eigenvalue weighted by Crippen LogP contribution is 2.61. The number of non-ortho nitro benzene ring substituents is 1. The van der Waals surface area contributed by atoms with Crippen LogP contribution in [0.1, 0.15) is 40.2 Å². The number of rotatable bonds is 4. The monoisotopic (exact) mass is 521 g/mol. The van der Waals surface area contributed by atoms with E-state index in [0.717, 1.165) is 17.2 Å². The van der Waals surface area contributed by atoms with Crippen LogP contribution >= 0.6 is 0 Å². The summed E-state index contributed by atoms with van der Waals surface area (Å²) in [5, 5.41) is 16.3. The molecule has 0 aromatic heterocycles. The van der Waals surface area contributed by atoms with Crippen LogP contribution in [0.15, 0.2) is 84.9 Å². The highest BCUT2D eigenvalue weighted by Gasteiger charge is 2.69. The number of ketones is 1. The molecule has 7 rings (SSSR count). The largest absolute Gasteiger partial charge is 0.324 e. The Hall–Kier alpha value is -4.43. The Morgan fingerprint density at radius 3 is 2.67 bits per heavy atom. The number of hydrogen-bond donors (Lipinski definition) is 1. The molecule has 0 aliphatic carbocycles. The average Bonchev–Trinajstić information content (AvgIpc) is 3.61. The molecule has 3 aliphatic heterocycles. The van der Waals surface area contributed by atoms with Gasteiger partial charge in [-0.3, -0.25) is 24.6 Å². The predicted octanol–water partition coefficient (Wildman–Crippen LogP) is 5.80. The fourth-order valence-corrected chi connectivity index (χ4v) is 7.36. The minimum atomic E-state index is -1.44. The highest BCUT2D eigenvalue weighted by molar-refractivity contribution is 6.16. The van der Waals surface area contributed by atoms with Crippen LogP contribution in [0, 0.1) is 21.8 Å². The van der Waals surface area contributed by atoms with Crippen LogP contribution in [0.25, 0.3) is 10.8 Å². The Labute approximate surface area is 223 Å². The second-order valence-electron chi connectivity index (χ2n) is 10.6. The van der Waals surface area contributed by atoms with Crippen LogP contribution in [0.4, 0.5) is 15.8 Å². The van der Waals surface area contributed by atoms with Crippen LogP contribution in [0.3, 0.4) is 0 Å². The molecular formula is C31H24FN3O4. The minimum Gasteiger partial charge on any atom is -0.324 e. The van der Waals surface area contributed by atoms with Crippen LogP contribution in [0.5, 0.6) is 0 Å². The zero-order valence-electron chi connectivity index (χ0n) is 20.8. The second-order valence-corrected chi connectivity index (χ2v) is 10.6. The highest BCUT2D eigenvalue weighted by atomic mass is 19.1. The average molecular weight is 522 g/mol. The molecule has 0 saturated carbocycles. The number of nitro groups is 1. The molecule has 3 heterocycles. The van der Waals surface area contributed by atoms with Crippen molar-refractivity contribution in [2.24, 2.45) is 5.92 Å². The van der Waals surface area contributed by atoms with Crippen molar-refractivity contribution in [3.8, 4) is 0 Å². The predicted molar refractivity (Wildman–Crippen MR) is 144 cm³/mol. The summed E-state index contributed by atoms with van der Waals surface area (Å²) < 4.78 is 14.8. The number of amides is 1. The van der Waals surface area contributed by atoms with Gasteiger partial charge in [0.2, 0.25) is 5.91 Å². The van der Waals surface area contributed by atoms with Gasteiger partial charge in [0, 0.05) is 40.9 Å². The zero-order chi connectivity index (χ0) is 26.9. The molecule has 2 saturated heterocycles. The Morgan fingerprint density at radius 2 is 1.82 bits per heavy atom. The van der Waals surface area contributed by atoms with Gasteiger partial charge in [0.05, 0.1) is 10.8 Å². The molecule has 39 heavy (non-hydrogen) atoms. The molecule has 194 valence electrons. The molecule has 0 bridgehead atoms. The molecule has 4 aromatic carbocycles. The number of fused-ring (bicyclic) bond motifs is 5. The van der Waals surface area contributed by atoms with E-state index in [1.807, 2.05) is 36.4 Å². The zero-order valence-corrected chi connectivity index (χ0v) is 20.8. The molecule has 4 aromatic rings. The van der Waals surface area contributed by atoms with E-state index >= 15 is 0 Å². The van der Waals surface area contributed by atoms with Gasteiger partial charge in [-0.25, -0.2) is 4.39 Å². The number of carbonyl (C=O) groups excluding carboxylic acids is 2. The van der Waals surface area contributed by atoms with Gasteiger partial charge in [-0.1, -0.05) is 54.6 Å². The van der Waals surface area contributed by atoms with E-state index in [1.54, 1.807) is 24.3 Å². The normalized spacial score (nSPS) is 25.6. The summed E-state index contributed by atoms with van der Waals surface area (Å²) in [4.78, 5) is 42.3. The molecular weight excluding hydrogens is 497 g/mol. The first-order valence-electron chi connectivity index (χ1n) is 13.1. The lowest BCUT2D eigenvalue weighted by atomic mass is 9.68. The molecule has 3 aliphatic rings. The summed E-state index contributed by atoms with van der Waals surface area (Å²) in [6.45, 7) is 0.554. The van der Waals surface area contributed by atoms with Crippen molar-refractivity contribution in [3.63, 3.8) is 0 Å². The van der Waals surface area contributed by atoms with Crippen molar-refractivity contribution in [2.45, 2.75) is 30.3 Å². The molecule has 1 spiro atoms. The maximum absolute atomic E-state index is 14.9. The quantitative estimate of drug-likeness (QED) is 0.208. The summed E-state index contributed by atoms with van der Waals surface area (Å²) in [6.07, 6.45) is 1.51. The van der Waals surface area contributed by atoms with Crippen molar-refractivity contribution >= 4 is 33.8 Å². The summed E-state index contributed by atoms with van der Waals surface area (Å²) >= 11 is 0. The van der Waals surface area contributed by atoms with Gasteiger partial charge in [0.1, 0.15) is 11.4 Å². The molecule has 1 amide bonds. The van der Waals surface area contributed by atoms with Crippen molar-refractivity contribution in [1.82, 2.24) is 4.90 Å². The van der Waals surface area contributed by atoms with Gasteiger partial charge in [-0.2, -0.15) is 0 Å². The summed E-state index contributed by atoms with van der Waals surface area (Å²) in [5.74, 6) is -2.53. The number of halogens is 1. The van der Waals surface area contributed by atoms with E-state index in [0.29, 0.717) is 35.3 Å². The fourth-order valence-electron chi connectivity index (χ4n) is 7.36. The van der Waals surface area contributed by atoms with Gasteiger partial charge in [0.25, 0.3) is 5.69 Å². The van der Waals surface area contributed by atoms with Crippen molar-refractivity contribution in [1.29, 1.82) is 0 Å². The number of hydrogen-bond acceptors (Lipinski definition) is 5. The Bertz CT molecular complexity index is 1700. The summed E-state index contributed by atoms with van der Waals surface area (Å²) in [5.41, 5.74) is 0.535. The first kappa shape index (κ1) is 23.7. The smallest absolute Gasteiger partial charge is 0.269 e. The number of nitrogens with one attached hydrogen (secondary N) is 1. The first-order chi connectivity index (χ1) is 18.9. The minimum absolute atomic E-state index is 0.0725. The number of benzene rings is 4. The Morgan fingerprint density at radius 1 is 1.03 bits per heavy atom. The van der Waals surface area contributed by atoms with Crippen molar-refractivity contribution in [3.05, 3.63) is 118 Å². The lowest BCUT2D eigenvalue weighted by Gasteiger charge is -2.37. The van der Waals surface area contributed by atoms with E-state index in [-0.39, 0.29) is 23.4 Å². The molecule has 4 atom stereocenters. The van der Waals surface area contributed by atoms with Crippen LogP contribution < -0.4 is 5.32 Å². The van der Waals surface area contributed by atoms with Crippen molar-refractivity contribution in [2.75, 3.05) is 11.9 Å². The second kappa shape index (κ2) is 8.54. The third-order valence-electron chi connectivity index (χ3n) is 8.77. The van der Waals surface area contributed by atoms with E-state index in [9.17, 15) is 24.1 Å². The van der Waals surface area contributed by atoms with E-state index in [2.05, 4.69) is 10.2 Å². The summed E-state index contributed by atoms with van der Waals surface area (Å²) in [7, 11) is 0. The van der Waals surface area contributed by atoms with E-state index in [1.165, 1.54) is 24.3 Å². The maximum atomic E-state index is 14.9. The third-order valence-corrected chi connectivity index (χ3v) is 8.77. The van der Waals surface area contributed by atoms with Gasteiger partial charge >= 0.3 is 0 Å². The fraction of sp³-hybridized carbons (Fsp3) is 0.226. The maximum Gasteiger partial charge on any atom is 0.269 e. The standard InChI is InChI=1S/C31H24FN3O4/c32-20-13-14-25-24(17-20)31(30(37)33-25)28(29(36)23-11-4-7-18-6-1-2-10-22(18)23)27(26-12-5-15-34(26)31)19-8-3-9-21(16-19)35(38)39/h1-4,6-11,13-14,16-17,26-28H,5,12,15H2,(H,33,37)/t26?,27?,28?,31-/m1/s1. The third kappa shape index (κ3) is 3.24. The topological polar surface area (TPSA) is 92.5 Å². The molecule has 0 radical (unpaired) electrons. The van der Waals surface area contributed by atoms with Crippen LogP contribution in [-0.2, 0) is 10.3 Å². The van der Waals surface area contributed by atoms with Gasteiger partial charge < -0.3 is 5.32 Å². The van der Waals surface area contributed by atoms with E-state index < -0.39 is 28.1 Å². The molecule has 7 nitrogen and oxygen atoms in total. The number of anilines is 1. The lowest BCUT2D eigenvalue weighted by Crippen LogP contribution is -2.53. The number of Topliss-reactive ketones (excluding diaryl/α,β-unsaturated/α-hetero) is 1. The molecule has 8 heteroatoms. The Kier molecular flexibility index (Phi) is 5.18. The Balaban J connectivity index is 1.52. The van der Waals surface area contributed by atoms with Crippen LogP contribution in [0.2, 0.25) is 0 Å².